The predicted octanol–water partition coefficient (Wildman–Crippen LogP) is 0.993. The van der Waals surface area contributed by atoms with E-state index in [0.29, 0.717) is 21.2 Å². The van der Waals surface area contributed by atoms with Crippen molar-refractivity contribution in [3.8, 4) is 0 Å². The lowest BCUT2D eigenvalue weighted by molar-refractivity contribution is 0.404. The summed E-state index contributed by atoms with van der Waals surface area (Å²) in [6, 6.07) is 0. The van der Waals surface area contributed by atoms with Crippen LogP contribution in [0.1, 0.15) is 5.56 Å². The van der Waals surface area contributed by atoms with Gasteiger partial charge < -0.3 is 14.9 Å². The van der Waals surface area contributed by atoms with Crippen LogP contribution in [0.3, 0.4) is 0 Å². The zero-order valence-electron chi connectivity index (χ0n) is 8.76. The van der Waals surface area contributed by atoms with Crippen molar-refractivity contribution in [1.29, 1.82) is 0 Å². The molecule has 2 aromatic heterocycles. The Kier molecular flexibility index (Phi) is 2.88. The Labute approximate surface area is 99.7 Å². The Morgan fingerprint density at radius 1 is 1.25 bits per heavy atom. The average molecular weight is 260 g/mol. The normalized spacial score (nSPS) is 11.5. The van der Waals surface area contributed by atoms with Crippen LogP contribution in [-0.2, 0) is 6.54 Å². The highest BCUT2D eigenvalue weighted by Gasteiger charge is 2.13. The van der Waals surface area contributed by atoms with Gasteiger partial charge in [0, 0.05) is 12.1 Å². The van der Waals surface area contributed by atoms with Crippen molar-refractivity contribution in [3.05, 3.63) is 30.6 Å². The maximum Gasteiger partial charge on any atom is 0.314 e. The molecule has 0 aliphatic heterocycles. The van der Waals surface area contributed by atoms with Crippen molar-refractivity contribution in [1.82, 2.24) is 14.9 Å². The first-order valence-electron chi connectivity index (χ1n) is 4.57. The maximum atomic E-state index is 11.2. The fourth-order valence-electron chi connectivity index (χ4n) is 1.45. The van der Waals surface area contributed by atoms with Gasteiger partial charge in [0.15, 0.2) is 0 Å². The van der Waals surface area contributed by atoms with Crippen LogP contribution in [0, 0.1) is 0 Å². The highest BCUT2D eigenvalue weighted by atomic mass is 35.5. The third-order valence-electron chi connectivity index (χ3n) is 2.10. The minimum absolute atomic E-state index is 0.584. The first kappa shape index (κ1) is 11.4. The van der Waals surface area contributed by atoms with Crippen LogP contribution >= 0.6 is 22.9 Å². The number of aromatic amines is 2. The number of H-pyrrole nitrogens is 2. The molecule has 2 rings (SSSR count). The van der Waals surface area contributed by atoms with Crippen molar-refractivity contribution in [2.75, 3.05) is 14.1 Å². The Morgan fingerprint density at radius 3 is 2.50 bits per heavy atom. The molecule has 0 fully saturated rings. The number of thiophene rings is 1. The predicted molar refractivity (Wildman–Crippen MR) is 65.5 cm³/mol. The molecule has 2 aromatic rings. The molecule has 0 aliphatic rings. The van der Waals surface area contributed by atoms with Crippen LogP contribution in [0.25, 0.3) is 10.3 Å². The first-order valence-corrected chi connectivity index (χ1v) is 5.76. The third kappa shape index (κ3) is 1.91. The molecule has 0 aromatic carbocycles. The minimum Gasteiger partial charge on any atom is -0.315 e. The quantitative estimate of drug-likeness (QED) is 0.791. The number of fused-ring (bicyclic) bond motifs is 1. The number of nitrogens with one attached hydrogen (secondary N) is 2. The van der Waals surface area contributed by atoms with E-state index in [1.807, 2.05) is 19.0 Å². The van der Waals surface area contributed by atoms with Crippen LogP contribution in [0.4, 0.5) is 0 Å². The van der Waals surface area contributed by atoms with E-state index in [-0.39, 0.29) is 0 Å². The SMILES string of the molecule is CN(C)Cc1c(Cl)sc2[nH]c(=O)c(=O)[nH]c12. The summed E-state index contributed by atoms with van der Waals surface area (Å²) >= 11 is 7.32. The van der Waals surface area contributed by atoms with Crippen molar-refractivity contribution in [3.63, 3.8) is 0 Å². The van der Waals surface area contributed by atoms with Gasteiger partial charge in [-0.05, 0) is 14.1 Å². The van der Waals surface area contributed by atoms with E-state index in [4.69, 9.17) is 11.6 Å². The van der Waals surface area contributed by atoms with Gasteiger partial charge in [0.1, 0.15) is 9.17 Å². The second kappa shape index (κ2) is 4.04. The van der Waals surface area contributed by atoms with E-state index < -0.39 is 11.1 Å². The molecule has 7 heteroatoms. The minimum atomic E-state index is -0.651. The molecule has 0 saturated carbocycles. The highest BCUT2D eigenvalue weighted by Crippen LogP contribution is 2.32. The molecule has 0 saturated heterocycles. The van der Waals surface area contributed by atoms with Crippen molar-refractivity contribution >= 4 is 33.3 Å². The van der Waals surface area contributed by atoms with Gasteiger partial charge in [-0.1, -0.05) is 11.6 Å². The maximum absolute atomic E-state index is 11.2. The summed E-state index contributed by atoms with van der Waals surface area (Å²) in [6.07, 6.45) is 0. The van der Waals surface area contributed by atoms with E-state index in [0.717, 1.165) is 5.56 Å². The molecule has 0 aliphatic carbocycles. The summed E-state index contributed by atoms with van der Waals surface area (Å²) in [6.45, 7) is 0.612. The van der Waals surface area contributed by atoms with E-state index in [1.165, 1.54) is 11.3 Å². The molecule has 0 amide bonds. The summed E-state index contributed by atoms with van der Waals surface area (Å²) in [5, 5.41) is 0. The summed E-state index contributed by atoms with van der Waals surface area (Å²) < 4.78 is 0.584. The fraction of sp³-hybridized carbons (Fsp3) is 0.333. The lowest BCUT2D eigenvalue weighted by atomic mass is 10.3. The lowest BCUT2D eigenvalue weighted by Crippen LogP contribution is -2.28. The van der Waals surface area contributed by atoms with Gasteiger partial charge in [-0.2, -0.15) is 0 Å². The van der Waals surface area contributed by atoms with Gasteiger partial charge in [-0.3, -0.25) is 9.59 Å². The lowest BCUT2D eigenvalue weighted by Gasteiger charge is -2.08. The molecule has 2 N–H and O–H groups in total. The van der Waals surface area contributed by atoms with Crippen LogP contribution in [0.15, 0.2) is 9.59 Å². The molecular weight excluding hydrogens is 250 g/mol. The molecule has 0 unspecified atom stereocenters. The number of nitrogens with zero attached hydrogens (tertiary/aromatic N) is 1. The van der Waals surface area contributed by atoms with Crippen LogP contribution in [-0.4, -0.2) is 29.0 Å². The smallest absolute Gasteiger partial charge is 0.314 e. The van der Waals surface area contributed by atoms with E-state index in [2.05, 4.69) is 9.97 Å². The molecular formula is C9H10ClN3O2S. The van der Waals surface area contributed by atoms with Crippen LogP contribution < -0.4 is 11.1 Å². The average Bonchev–Trinajstić information content (AvgIpc) is 2.45. The van der Waals surface area contributed by atoms with Crippen molar-refractivity contribution in [2.24, 2.45) is 0 Å². The zero-order chi connectivity index (χ0) is 11.9. The molecule has 16 heavy (non-hydrogen) atoms. The Morgan fingerprint density at radius 2 is 1.88 bits per heavy atom. The molecule has 0 atom stereocenters. The Bertz CT molecular complexity index is 640. The van der Waals surface area contributed by atoms with Gasteiger partial charge in [0.25, 0.3) is 0 Å². The molecule has 0 radical (unpaired) electrons. The molecule has 2 heterocycles. The number of hydrogen-bond acceptors (Lipinski definition) is 4. The number of aromatic nitrogens is 2. The second-order valence-corrected chi connectivity index (χ2v) is 5.33. The molecule has 5 nitrogen and oxygen atoms in total. The van der Waals surface area contributed by atoms with Gasteiger partial charge in [0.05, 0.1) is 5.52 Å². The van der Waals surface area contributed by atoms with Crippen LogP contribution in [0.5, 0.6) is 0 Å². The Balaban J connectivity index is 2.74. The standard InChI is InChI=1S/C9H10ClN3O2S/c1-13(2)3-4-5-9(16-6(4)10)12-8(15)7(14)11-5/h3H2,1-2H3,(H,11,14)(H,12,15). The number of hydrogen-bond donors (Lipinski definition) is 2. The summed E-state index contributed by atoms with van der Waals surface area (Å²) in [5.74, 6) is 0. The largest absolute Gasteiger partial charge is 0.315 e. The van der Waals surface area contributed by atoms with E-state index in [9.17, 15) is 9.59 Å². The van der Waals surface area contributed by atoms with E-state index >= 15 is 0 Å². The third-order valence-corrected chi connectivity index (χ3v) is 3.50. The van der Waals surface area contributed by atoms with E-state index in [1.54, 1.807) is 0 Å². The fourth-order valence-corrected chi connectivity index (χ4v) is 2.72. The molecule has 0 spiro atoms. The first-order chi connectivity index (χ1) is 7.49. The summed E-state index contributed by atoms with van der Waals surface area (Å²) in [7, 11) is 3.81. The monoisotopic (exact) mass is 259 g/mol. The zero-order valence-corrected chi connectivity index (χ0v) is 10.3. The molecule has 86 valence electrons. The second-order valence-electron chi connectivity index (χ2n) is 3.70. The van der Waals surface area contributed by atoms with Gasteiger partial charge >= 0.3 is 11.1 Å². The van der Waals surface area contributed by atoms with Gasteiger partial charge in [-0.15, -0.1) is 11.3 Å². The van der Waals surface area contributed by atoms with Gasteiger partial charge in [-0.25, -0.2) is 0 Å². The number of rotatable bonds is 2. The number of halogens is 1. The Hall–Kier alpha value is -1.11. The summed E-state index contributed by atoms with van der Waals surface area (Å²) in [4.78, 5) is 30.0. The van der Waals surface area contributed by atoms with Crippen molar-refractivity contribution in [2.45, 2.75) is 6.54 Å². The van der Waals surface area contributed by atoms with Gasteiger partial charge in [0.2, 0.25) is 0 Å². The topological polar surface area (TPSA) is 69.0 Å². The highest BCUT2D eigenvalue weighted by molar-refractivity contribution is 7.22. The molecule has 0 bridgehead atoms. The summed E-state index contributed by atoms with van der Waals surface area (Å²) in [5.41, 5.74) is 0.150. The van der Waals surface area contributed by atoms with Crippen molar-refractivity contribution < 1.29 is 0 Å². The van der Waals surface area contributed by atoms with Crippen LogP contribution in [0.2, 0.25) is 4.34 Å².